The van der Waals surface area contributed by atoms with Gasteiger partial charge in [-0.05, 0) is 0 Å². The number of carbonyl (C=O) groups excluding carboxylic acids is 2. The molecule has 0 saturated heterocycles. The molecule has 0 aliphatic heterocycles. The minimum atomic E-state index is -0.854. The second kappa shape index (κ2) is 3.15. The molecule has 0 aromatic heterocycles. The molecule has 0 unspecified atom stereocenters. The van der Waals surface area contributed by atoms with Crippen LogP contribution in [0.25, 0.3) is 0 Å². The fraction of sp³-hybridized carbons (Fsp3) is 0.500. The maximum Gasteiger partial charge on any atom is 0.219 e. The maximum atomic E-state index is 9.93. The fourth-order valence-electron chi connectivity index (χ4n) is 0.258. The summed E-state index contributed by atoms with van der Waals surface area (Å²) in [6, 6.07) is -0.854. The molecule has 45 valence electrons. The summed E-state index contributed by atoms with van der Waals surface area (Å²) in [6.45, 7) is 0. The van der Waals surface area contributed by atoms with Crippen LogP contribution in [0.15, 0.2) is 0 Å². The third kappa shape index (κ3) is 3.30. The highest BCUT2D eigenvalue weighted by Crippen LogP contribution is 1.78. The molecule has 8 heavy (non-hydrogen) atoms. The van der Waals surface area contributed by atoms with Gasteiger partial charge in [0.2, 0.25) is 12.2 Å². The van der Waals surface area contributed by atoms with E-state index in [9.17, 15) is 9.59 Å². The SMILES string of the molecule is NC(=O)C[C@H](N)[C]=O. The Hall–Kier alpha value is -0.900. The summed E-state index contributed by atoms with van der Waals surface area (Å²) < 4.78 is 0. The van der Waals surface area contributed by atoms with Crippen molar-refractivity contribution in [2.45, 2.75) is 12.5 Å². The van der Waals surface area contributed by atoms with Gasteiger partial charge < -0.3 is 11.5 Å². The van der Waals surface area contributed by atoms with Crippen molar-refractivity contribution in [3.63, 3.8) is 0 Å². The van der Waals surface area contributed by atoms with Crippen molar-refractivity contribution in [1.82, 2.24) is 0 Å². The van der Waals surface area contributed by atoms with E-state index in [0.29, 0.717) is 0 Å². The van der Waals surface area contributed by atoms with Crippen molar-refractivity contribution >= 4 is 12.2 Å². The third-order valence-electron chi connectivity index (χ3n) is 0.572. The Morgan fingerprint density at radius 1 is 1.75 bits per heavy atom. The van der Waals surface area contributed by atoms with E-state index in [2.05, 4.69) is 5.73 Å². The van der Waals surface area contributed by atoms with E-state index in [1.54, 1.807) is 0 Å². The number of primary amides is 1. The number of amides is 1. The van der Waals surface area contributed by atoms with Crippen LogP contribution in [0.4, 0.5) is 0 Å². The van der Waals surface area contributed by atoms with E-state index in [0.717, 1.165) is 0 Å². The summed E-state index contributed by atoms with van der Waals surface area (Å²) in [4.78, 5) is 19.5. The number of carbonyl (C=O) groups is 1. The molecule has 1 amide bonds. The molecule has 0 heterocycles. The van der Waals surface area contributed by atoms with Gasteiger partial charge in [0.1, 0.15) is 0 Å². The summed E-state index contributed by atoms with van der Waals surface area (Å²) in [6.07, 6.45) is 1.30. The van der Waals surface area contributed by atoms with E-state index in [1.807, 2.05) is 0 Å². The Morgan fingerprint density at radius 2 is 2.25 bits per heavy atom. The average Bonchev–Trinajstić information content (AvgIpc) is 1.65. The molecular weight excluding hydrogens is 108 g/mol. The van der Waals surface area contributed by atoms with Gasteiger partial charge >= 0.3 is 0 Å². The lowest BCUT2D eigenvalue weighted by atomic mass is 10.2. The van der Waals surface area contributed by atoms with Gasteiger partial charge in [0.15, 0.2) is 0 Å². The van der Waals surface area contributed by atoms with E-state index < -0.39 is 11.9 Å². The van der Waals surface area contributed by atoms with Crippen LogP contribution in [0.1, 0.15) is 6.42 Å². The standard InChI is InChI=1S/C4H7N2O2/c5-3(2-7)1-4(6)8/h3H,1,5H2,(H2,6,8)/t3-/m0/s1. The minimum absolute atomic E-state index is 0.122. The zero-order valence-electron chi connectivity index (χ0n) is 4.26. The molecule has 0 bridgehead atoms. The van der Waals surface area contributed by atoms with Crippen molar-refractivity contribution in [2.75, 3.05) is 0 Å². The van der Waals surface area contributed by atoms with Gasteiger partial charge in [0.25, 0.3) is 0 Å². The summed E-state index contributed by atoms with van der Waals surface area (Å²) in [7, 11) is 0. The molecule has 0 rings (SSSR count). The molecular formula is C4H7N2O2. The first-order valence-electron chi connectivity index (χ1n) is 2.08. The molecule has 0 aliphatic carbocycles. The van der Waals surface area contributed by atoms with Crippen molar-refractivity contribution < 1.29 is 9.59 Å². The first kappa shape index (κ1) is 7.10. The Balaban J connectivity index is 3.38. The van der Waals surface area contributed by atoms with E-state index in [-0.39, 0.29) is 6.42 Å². The first-order valence-corrected chi connectivity index (χ1v) is 2.08. The molecule has 1 atom stereocenters. The van der Waals surface area contributed by atoms with E-state index >= 15 is 0 Å². The predicted octanol–water partition coefficient (Wildman–Crippen LogP) is -1.70. The number of nitrogens with two attached hydrogens (primary N) is 2. The van der Waals surface area contributed by atoms with Crippen molar-refractivity contribution in [3.05, 3.63) is 0 Å². The van der Waals surface area contributed by atoms with Crippen molar-refractivity contribution in [1.29, 1.82) is 0 Å². The second-order valence-corrected chi connectivity index (χ2v) is 1.39. The van der Waals surface area contributed by atoms with Gasteiger partial charge in [-0.2, -0.15) is 0 Å². The normalized spacial score (nSPS) is 12.6. The van der Waals surface area contributed by atoms with Crippen LogP contribution in [0.3, 0.4) is 0 Å². The molecule has 0 aromatic carbocycles. The van der Waals surface area contributed by atoms with Crippen LogP contribution < -0.4 is 11.5 Å². The van der Waals surface area contributed by atoms with Crippen LogP contribution in [-0.2, 0) is 9.59 Å². The van der Waals surface area contributed by atoms with Gasteiger partial charge in [-0.3, -0.25) is 9.59 Å². The van der Waals surface area contributed by atoms with E-state index in [4.69, 9.17) is 5.73 Å². The Kier molecular flexibility index (Phi) is 2.79. The molecule has 4 heteroatoms. The lowest BCUT2D eigenvalue weighted by molar-refractivity contribution is -0.118. The lowest BCUT2D eigenvalue weighted by Gasteiger charge is -1.94. The predicted molar refractivity (Wildman–Crippen MR) is 27.5 cm³/mol. The molecule has 1 radical (unpaired) electrons. The second-order valence-electron chi connectivity index (χ2n) is 1.39. The van der Waals surface area contributed by atoms with Gasteiger partial charge in [0.05, 0.1) is 6.04 Å². The summed E-state index contributed by atoms with van der Waals surface area (Å²) >= 11 is 0. The average molecular weight is 115 g/mol. The third-order valence-corrected chi connectivity index (χ3v) is 0.572. The molecule has 0 saturated carbocycles. The van der Waals surface area contributed by atoms with Gasteiger partial charge in [-0.1, -0.05) is 0 Å². The largest absolute Gasteiger partial charge is 0.370 e. The minimum Gasteiger partial charge on any atom is -0.370 e. The first-order chi connectivity index (χ1) is 3.66. The number of rotatable bonds is 3. The van der Waals surface area contributed by atoms with Gasteiger partial charge in [0, 0.05) is 6.42 Å². The van der Waals surface area contributed by atoms with Crippen LogP contribution in [0.5, 0.6) is 0 Å². The highest BCUT2D eigenvalue weighted by atomic mass is 16.1. The maximum absolute atomic E-state index is 9.93. The number of hydrogen-bond donors (Lipinski definition) is 2. The lowest BCUT2D eigenvalue weighted by Crippen LogP contribution is -2.28. The molecule has 0 aliphatic rings. The highest BCUT2D eigenvalue weighted by Gasteiger charge is 2.03. The quantitative estimate of drug-likeness (QED) is 0.459. The molecule has 4 N–H and O–H groups in total. The van der Waals surface area contributed by atoms with Crippen LogP contribution in [0, 0.1) is 0 Å². The molecule has 0 aromatic rings. The Labute approximate surface area is 46.8 Å². The van der Waals surface area contributed by atoms with Crippen molar-refractivity contribution in [2.24, 2.45) is 11.5 Å². The Morgan fingerprint density at radius 3 is 2.38 bits per heavy atom. The zero-order valence-corrected chi connectivity index (χ0v) is 4.26. The van der Waals surface area contributed by atoms with Crippen LogP contribution in [0.2, 0.25) is 0 Å². The monoisotopic (exact) mass is 115 g/mol. The molecule has 0 spiro atoms. The smallest absolute Gasteiger partial charge is 0.219 e. The van der Waals surface area contributed by atoms with Crippen LogP contribution in [-0.4, -0.2) is 18.2 Å². The molecule has 0 fully saturated rings. The zero-order chi connectivity index (χ0) is 6.57. The van der Waals surface area contributed by atoms with E-state index in [1.165, 1.54) is 6.29 Å². The molecule has 4 nitrogen and oxygen atoms in total. The fourth-order valence-corrected chi connectivity index (χ4v) is 0.258. The summed E-state index contributed by atoms with van der Waals surface area (Å²) in [5.41, 5.74) is 9.62. The topological polar surface area (TPSA) is 86.2 Å². The summed E-state index contributed by atoms with van der Waals surface area (Å²) in [5, 5.41) is 0. The number of hydrogen-bond acceptors (Lipinski definition) is 3. The van der Waals surface area contributed by atoms with Gasteiger partial charge in [-0.25, -0.2) is 0 Å². The summed E-state index contributed by atoms with van der Waals surface area (Å²) in [5.74, 6) is -0.583. The highest BCUT2D eigenvalue weighted by molar-refractivity contribution is 5.78. The Bertz CT molecular complexity index is 102. The van der Waals surface area contributed by atoms with Gasteiger partial charge in [-0.15, -0.1) is 0 Å². The van der Waals surface area contributed by atoms with Crippen LogP contribution >= 0.6 is 0 Å². The van der Waals surface area contributed by atoms with Crippen molar-refractivity contribution in [3.8, 4) is 0 Å².